The van der Waals surface area contributed by atoms with E-state index >= 15 is 0 Å². The van der Waals surface area contributed by atoms with Crippen molar-refractivity contribution >= 4 is 11.7 Å². The second kappa shape index (κ2) is 6.49. The fourth-order valence-electron chi connectivity index (χ4n) is 3.77. The number of carboxylic acid groups (broad SMARTS) is 1. The summed E-state index contributed by atoms with van der Waals surface area (Å²) in [6.07, 6.45) is 4.94. The Morgan fingerprint density at radius 3 is 2.34 bits per heavy atom. The summed E-state index contributed by atoms with van der Waals surface area (Å²) >= 11 is 0. The van der Waals surface area contributed by atoms with Crippen molar-refractivity contribution in [1.82, 2.24) is 19.6 Å². The van der Waals surface area contributed by atoms with Gasteiger partial charge in [0.2, 0.25) is 0 Å². The summed E-state index contributed by atoms with van der Waals surface area (Å²) in [6, 6.07) is 18.0. The Labute approximate surface area is 166 Å². The lowest BCUT2D eigenvalue weighted by molar-refractivity contribution is 0.0684. The van der Waals surface area contributed by atoms with Gasteiger partial charge in [0.25, 0.3) is 11.6 Å². The van der Waals surface area contributed by atoms with Crippen molar-refractivity contribution in [2.75, 3.05) is 0 Å². The van der Waals surface area contributed by atoms with Crippen LogP contribution in [0.5, 0.6) is 0 Å². The lowest BCUT2D eigenvalue weighted by Crippen LogP contribution is -2.43. The normalized spacial score (nSPS) is 15.2. The van der Waals surface area contributed by atoms with Crippen LogP contribution in [-0.4, -0.2) is 30.7 Å². The SMILES string of the molecule is NC1(c2ccc(-c3nc4nc(C(=O)O)nn4cc3-c3ccccc3)cc2)CCC1. The van der Waals surface area contributed by atoms with Crippen LogP contribution in [0.2, 0.25) is 0 Å². The Morgan fingerprint density at radius 2 is 1.72 bits per heavy atom. The number of aromatic carboxylic acids is 1. The van der Waals surface area contributed by atoms with Crippen LogP contribution in [0.15, 0.2) is 60.8 Å². The molecule has 0 atom stereocenters. The minimum absolute atomic E-state index is 0.221. The molecule has 2 aromatic carbocycles. The number of carboxylic acids is 1. The molecule has 1 fully saturated rings. The number of nitrogens with two attached hydrogens (primary N) is 1. The van der Waals surface area contributed by atoms with Crippen molar-refractivity contribution < 1.29 is 9.90 Å². The molecule has 7 nitrogen and oxygen atoms in total. The minimum Gasteiger partial charge on any atom is -0.475 e. The van der Waals surface area contributed by atoms with E-state index in [2.05, 4.69) is 27.2 Å². The topological polar surface area (TPSA) is 106 Å². The molecule has 2 aromatic heterocycles. The number of aromatic nitrogens is 4. The van der Waals surface area contributed by atoms with Gasteiger partial charge in [0, 0.05) is 22.9 Å². The van der Waals surface area contributed by atoms with Gasteiger partial charge in [0.05, 0.1) is 5.69 Å². The van der Waals surface area contributed by atoms with E-state index in [0.717, 1.165) is 47.2 Å². The number of rotatable bonds is 4. The molecule has 4 aromatic rings. The summed E-state index contributed by atoms with van der Waals surface area (Å²) in [5, 5.41) is 13.2. The lowest BCUT2D eigenvalue weighted by atomic mass is 9.72. The van der Waals surface area contributed by atoms with E-state index in [-0.39, 0.29) is 17.1 Å². The molecule has 5 rings (SSSR count). The molecule has 0 saturated heterocycles. The van der Waals surface area contributed by atoms with Crippen LogP contribution in [-0.2, 0) is 5.54 Å². The highest BCUT2D eigenvalue weighted by molar-refractivity contribution is 5.84. The first-order chi connectivity index (χ1) is 14.0. The number of fused-ring (bicyclic) bond motifs is 1. The van der Waals surface area contributed by atoms with Gasteiger partial charge in [0.15, 0.2) is 0 Å². The Morgan fingerprint density at radius 1 is 1.00 bits per heavy atom. The molecule has 29 heavy (non-hydrogen) atoms. The van der Waals surface area contributed by atoms with E-state index in [4.69, 9.17) is 5.73 Å². The van der Waals surface area contributed by atoms with Gasteiger partial charge < -0.3 is 10.8 Å². The second-order valence-corrected chi connectivity index (χ2v) is 7.44. The molecule has 0 unspecified atom stereocenters. The maximum absolute atomic E-state index is 11.3. The molecule has 0 radical (unpaired) electrons. The molecule has 7 heteroatoms. The van der Waals surface area contributed by atoms with Crippen LogP contribution in [0.1, 0.15) is 35.4 Å². The van der Waals surface area contributed by atoms with Gasteiger partial charge in [-0.05, 0) is 30.4 Å². The van der Waals surface area contributed by atoms with Crippen LogP contribution in [0.4, 0.5) is 0 Å². The first-order valence-electron chi connectivity index (χ1n) is 9.49. The van der Waals surface area contributed by atoms with Gasteiger partial charge in [-0.1, -0.05) is 54.6 Å². The third kappa shape index (κ3) is 2.96. The number of hydrogen-bond donors (Lipinski definition) is 2. The smallest absolute Gasteiger partial charge is 0.375 e. The van der Waals surface area contributed by atoms with Crippen molar-refractivity contribution in [1.29, 1.82) is 0 Å². The van der Waals surface area contributed by atoms with Crippen molar-refractivity contribution in [3.63, 3.8) is 0 Å². The maximum Gasteiger partial charge on any atom is 0.375 e. The number of carbonyl (C=O) groups is 1. The molecule has 0 spiro atoms. The Bertz CT molecular complexity index is 1210. The van der Waals surface area contributed by atoms with Crippen LogP contribution in [0.3, 0.4) is 0 Å². The average Bonchev–Trinajstić information content (AvgIpc) is 3.15. The quantitative estimate of drug-likeness (QED) is 0.557. The van der Waals surface area contributed by atoms with Crippen molar-refractivity contribution in [3.8, 4) is 22.4 Å². The van der Waals surface area contributed by atoms with Gasteiger partial charge in [-0.3, -0.25) is 0 Å². The molecule has 2 heterocycles. The summed E-state index contributed by atoms with van der Waals surface area (Å²) in [6.45, 7) is 0. The first kappa shape index (κ1) is 17.5. The Hall–Kier alpha value is -3.58. The van der Waals surface area contributed by atoms with E-state index in [1.807, 2.05) is 42.5 Å². The largest absolute Gasteiger partial charge is 0.475 e. The fraction of sp³-hybridized carbons (Fsp3) is 0.182. The van der Waals surface area contributed by atoms with Crippen molar-refractivity contribution in [3.05, 3.63) is 72.2 Å². The summed E-state index contributed by atoms with van der Waals surface area (Å²) < 4.78 is 1.41. The standard InChI is InChI=1S/C22H19N5O2/c23-22(11-4-12-22)16-9-7-15(8-10-16)18-17(14-5-2-1-3-6-14)13-27-21(24-18)25-19(26-27)20(28)29/h1-3,5-10,13H,4,11-12,23H2,(H,28,29). The minimum atomic E-state index is -1.18. The molecular formula is C22H19N5O2. The zero-order chi connectivity index (χ0) is 20.0. The lowest BCUT2D eigenvalue weighted by Gasteiger charge is -2.38. The van der Waals surface area contributed by atoms with Gasteiger partial charge in [-0.25, -0.2) is 14.3 Å². The molecule has 0 aliphatic heterocycles. The third-order valence-electron chi connectivity index (χ3n) is 5.59. The molecule has 144 valence electrons. The number of hydrogen-bond acceptors (Lipinski definition) is 5. The first-order valence-corrected chi connectivity index (χ1v) is 9.49. The zero-order valence-corrected chi connectivity index (χ0v) is 15.6. The van der Waals surface area contributed by atoms with Crippen LogP contribution in [0, 0.1) is 0 Å². The van der Waals surface area contributed by atoms with Gasteiger partial charge >= 0.3 is 5.97 Å². The molecule has 3 N–H and O–H groups in total. The van der Waals surface area contributed by atoms with E-state index in [9.17, 15) is 9.90 Å². The van der Waals surface area contributed by atoms with E-state index in [0.29, 0.717) is 0 Å². The predicted octanol–water partition coefficient (Wildman–Crippen LogP) is 3.49. The summed E-state index contributed by atoms with van der Waals surface area (Å²) in [5.74, 6) is -1.22. The van der Waals surface area contributed by atoms with E-state index in [1.165, 1.54) is 4.52 Å². The van der Waals surface area contributed by atoms with E-state index < -0.39 is 5.97 Å². The zero-order valence-electron chi connectivity index (χ0n) is 15.6. The molecule has 1 aliphatic rings. The highest BCUT2D eigenvalue weighted by Crippen LogP contribution is 2.39. The van der Waals surface area contributed by atoms with E-state index in [1.54, 1.807) is 6.20 Å². The predicted molar refractivity (Wildman–Crippen MR) is 108 cm³/mol. The average molecular weight is 385 g/mol. The maximum atomic E-state index is 11.3. The van der Waals surface area contributed by atoms with Crippen LogP contribution in [0.25, 0.3) is 28.2 Å². The van der Waals surface area contributed by atoms with Crippen LogP contribution < -0.4 is 5.73 Å². The van der Waals surface area contributed by atoms with Crippen molar-refractivity contribution in [2.24, 2.45) is 5.73 Å². The Kier molecular flexibility index (Phi) is 3.92. The number of nitrogens with zero attached hydrogens (tertiary/aromatic N) is 4. The fourth-order valence-corrected chi connectivity index (χ4v) is 3.77. The van der Waals surface area contributed by atoms with Crippen LogP contribution >= 0.6 is 0 Å². The highest BCUT2D eigenvalue weighted by Gasteiger charge is 2.34. The highest BCUT2D eigenvalue weighted by atomic mass is 16.4. The molecule has 0 amide bonds. The third-order valence-corrected chi connectivity index (χ3v) is 5.59. The molecular weight excluding hydrogens is 366 g/mol. The Balaban J connectivity index is 1.67. The van der Waals surface area contributed by atoms with Gasteiger partial charge in [0.1, 0.15) is 0 Å². The molecule has 1 aliphatic carbocycles. The van der Waals surface area contributed by atoms with Gasteiger partial charge in [-0.2, -0.15) is 4.98 Å². The summed E-state index contributed by atoms with van der Waals surface area (Å²) in [5.41, 5.74) is 10.8. The summed E-state index contributed by atoms with van der Waals surface area (Å²) in [4.78, 5) is 19.9. The molecule has 0 bridgehead atoms. The molecule has 1 saturated carbocycles. The summed E-state index contributed by atoms with van der Waals surface area (Å²) in [7, 11) is 0. The monoisotopic (exact) mass is 385 g/mol. The van der Waals surface area contributed by atoms with Gasteiger partial charge in [-0.15, -0.1) is 5.10 Å². The van der Waals surface area contributed by atoms with Crippen molar-refractivity contribution in [2.45, 2.75) is 24.8 Å². The second-order valence-electron chi connectivity index (χ2n) is 7.44. The number of benzene rings is 2.